The van der Waals surface area contributed by atoms with E-state index >= 15 is 0 Å². The molecule has 1 amide bonds. The minimum Gasteiger partial charge on any atom is -0.337 e. The van der Waals surface area contributed by atoms with Crippen molar-refractivity contribution in [1.29, 1.82) is 0 Å². The molecule has 0 spiro atoms. The van der Waals surface area contributed by atoms with Crippen molar-refractivity contribution in [3.05, 3.63) is 29.5 Å². The Labute approximate surface area is 146 Å². The summed E-state index contributed by atoms with van der Waals surface area (Å²) in [5.41, 5.74) is 5.25. The van der Waals surface area contributed by atoms with Crippen LogP contribution in [0.5, 0.6) is 0 Å². The molecule has 0 bridgehead atoms. The van der Waals surface area contributed by atoms with Gasteiger partial charge in [-0.15, -0.1) is 0 Å². The monoisotopic (exact) mass is 337 g/mol. The lowest BCUT2D eigenvalue weighted by Gasteiger charge is -2.18. The maximum absolute atomic E-state index is 12.6. The van der Waals surface area contributed by atoms with Crippen molar-refractivity contribution in [3.63, 3.8) is 0 Å². The normalized spacial score (nSPS) is 16.0. The molecular weight excluding hydrogens is 314 g/mol. The number of nitrogens with zero attached hydrogens (tertiary/aromatic N) is 3. The van der Waals surface area contributed by atoms with Crippen molar-refractivity contribution in [2.45, 2.75) is 46.0 Å². The molecule has 0 saturated carbocycles. The fourth-order valence-electron chi connectivity index (χ4n) is 3.65. The number of rotatable bonds is 4. The van der Waals surface area contributed by atoms with E-state index in [4.69, 9.17) is 4.98 Å². The summed E-state index contributed by atoms with van der Waals surface area (Å²) in [6, 6.07) is 6.12. The van der Waals surface area contributed by atoms with E-state index in [2.05, 4.69) is 28.2 Å². The Kier molecular flexibility index (Phi) is 3.45. The van der Waals surface area contributed by atoms with Crippen LogP contribution in [0.1, 0.15) is 45.4 Å². The quantitative estimate of drug-likeness (QED) is 0.764. The number of hydrogen-bond acceptors (Lipinski definition) is 3. The minimum absolute atomic E-state index is 0.148. The second-order valence-corrected chi connectivity index (χ2v) is 7.17. The lowest BCUT2D eigenvalue weighted by molar-refractivity contribution is -0.122. The smallest absolute Gasteiger partial charge is 0.237 e. The van der Waals surface area contributed by atoms with Gasteiger partial charge in [-0.25, -0.2) is 4.98 Å². The molecule has 0 aliphatic carbocycles. The Hall–Kier alpha value is -2.63. The Morgan fingerprint density at radius 2 is 2.00 bits per heavy atom. The Morgan fingerprint density at radius 3 is 2.72 bits per heavy atom. The number of amides is 1. The van der Waals surface area contributed by atoms with Crippen molar-refractivity contribution in [2.24, 2.45) is 0 Å². The van der Waals surface area contributed by atoms with Gasteiger partial charge in [-0.05, 0) is 51.0 Å². The first-order valence-corrected chi connectivity index (χ1v) is 8.86. The molecule has 6 heteroatoms. The third-order valence-electron chi connectivity index (χ3n) is 5.05. The summed E-state index contributed by atoms with van der Waals surface area (Å²) in [4.78, 5) is 22.6. The molecule has 1 aliphatic rings. The SMILES string of the molecule is CCCc1cc(-c2nc3cc4c(cc3[nH]2)C(C)(C)C(=O)N4CC)n[nH]1. The summed E-state index contributed by atoms with van der Waals surface area (Å²) < 4.78 is 0. The first kappa shape index (κ1) is 15.9. The maximum atomic E-state index is 12.6. The highest BCUT2D eigenvalue weighted by Crippen LogP contribution is 2.43. The van der Waals surface area contributed by atoms with Gasteiger partial charge in [-0.1, -0.05) is 13.3 Å². The molecule has 0 radical (unpaired) electrons. The predicted molar refractivity (Wildman–Crippen MR) is 98.7 cm³/mol. The maximum Gasteiger partial charge on any atom is 0.237 e. The molecule has 1 aromatic carbocycles. The van der Waals surface area contributed by atoms with E-state index in [0.717, 1.165) is 52.3 Å². The van der Waals surface area contributed by atoms with Crippen LogP contribution >= 0.6 is 0 Å². The van der Waals surface area contributed by atoms with Crippen LogP contribution in [0.4, 0.5) is 5.69 Å². The number of carbonyl (C=O) groups excluding carboxylic acids is 1. The highest BCUT2D eigenvalue weighted by molar-refractivity contribution is 6.09. The van der Waals surface area contributed by atoms with Gasteiger partial charge in [0, 0.05) is 12.2 Å². The molecular formula is C19H23N5O. The van der Waals surface area contributed by atoms with Crippen molar-refractivity contribution >= 4 is 22.6 Å². The van der Waals surface area contributed by atoms with E-state index in [1.807, 2.05) is 37.8 Å². The molecule has 0 fully saturated rings. The fraction of sp³-hybridized carbons (Fsp3) is 0.421. The minimum atomic E-state index is -0.508. The molecule has 2 N–H and O–H groups in total. The van der Waals surface area contributed by atoms with E-state index < -0.39 is 5.41 Å². The molecule has 3 aromatic rings. The van der Waals surface area contributed by atoms with Gasteiger partial charge in [0.15, 0.2) is 5.82 Å². The van der Waals surface area contributed by atoms with Crippen LogP contribution in [0.3, 0.4) is 0 Å². The molecule has 0 unspecified atom stereocenters. The largest absolute Gasteiger partial charge is 0.337 e. The Balaban J connectivity index is 1.82. The molecule has 1 aliphatic heterocycles. The van der Waals surface area contributed by atoms with Crippen molar-refractivity contribution < 1.29 is 4.79 Å². The summed E-state index contributed by atoms with van der Waals surface area (Å²) in [5, 5.41) is 7.43. The molecule has 4 rings (SSSR count). The zero-order chi connectivity index (χ0) is 17.8. The number of H-pyrrole nitrogens is 2. The fourth-order valence-corrected chi connectivity index (χ4v) is 3.65. The summed E-state index contributed by atoms with van der Waals surface area (Å²) in [5.74, 6) is 0.902. The Morgan fingerprint density at radius 1 is 1.20 bits per heavy atom. The van der Waals surface area contributed by atoms with Crippen molar-refractivity contribution in [2.75, 3.05) is 11.4 Å². The molecule has 25 heavy (non-hydrogen) atoms. The first-order chi connectivity index (χ1) is 12.0. The van der Waals surface area contributed by atoms with Crippen LogP contribution in [0.2, 0.25) is 0 Å². The number of likely N-dealkylation sites (N-methyl/N-ethyl adjacent to an activating group) is 1. The summed E-state index contributed by atoms with van der Waals surface area (Å²) in [6.45, 7) is 8.78. The summed E-state index contributed by atoms with van der Waals surface area (Å²) in [7, 11) is 0. The van der Waals surface area contributed by atoms with Crippen LogP contribution in [-0.2, 0) is 16.6 Å². The number of aromatic amines is 2. The van der Waals surface area contributed by atoms with Gasteiger partial charge >= 0.3 is 0 Å². The van der Waals surface area contributed by atoms with Crippen LogP contribution in [0, 0.1) is 0 Å². The van der Waals surface area contributed by atoms with Crippen molar-refractivity contribution in [1.82, 2.24) is 20.2 Å². The number of carbonyl (C=O) groups is 1. The lowest BCUT2D eigenvalue weighted by atomic mass is 9.86. The van der Waals surface area contributed by atoms with E-state index in [0.29, 0.717) is 6.54 Å². The average Bonchev–Trinajstić information content (AvgIpc) is 3.24. The van der Waals surface area contributed by atoms with Crippen LogP contribution in [0.25, 0.3) is 22.6 Å². The highest BCUT2D eigenvalue weighted by atomic mass is 16.2. The van der Waals surface area contributed by atoms with E-state index in [9.17, 15) is 4.79 Å². The molecule has 6 nitrogen and oxygen atoms in total. The van der Waals surface area contributed by atoms with Crippen LogP contribution < -0.4 is 4.90 Å². The van der Waals surface area contributed by atoms with Gasteiger partial charge in [-0.3, -0.25) is 9.89 Å². The third-order valence-corrected chi connectivity index (χ3v) is 5.05. The first-order valence-electron chi connectivity index (χ1n) is 8.86. The molecule has 3 heterocycles. The van der Waals surface area contributed by atoms with Gasteiger partial charge in [0.25, 0.3) is 0 Å². The number of benzene rings is 1. The number of hydrogen-bond donors (Lipinski definition) is 2. The lowest BCUT2D eigenvalue weighted by Crippen LogP contribution is -2.35. The van der Waals surface area contributed by atoms with Gasteiger partial charge in [-0.2, -0.15) is 5.10 Å². The number of anilines is 1. The standard InChI is InChI=1S/C19H23N5O/c1-5-7-11-8-15(23-22-11)17-20-13-9-12-16(10-14(13)21-17)24(6-2)18(25)19(12,3)4/h8-10H,5-7H2,1-4H3,(H,20,21)(H,22,23). The third kappa shape index (κ3) is 2.27. The predicted octanol–water partition coefficient (Wildman–Crippen LogP) is 3.55. The van der Waals surface area contributed by atoms with Gasteiger partial charge in [0.05, 0.1) is 22.1 Å². The van der Waals surface area contributed by atoms with Gasteiger partial charge < -0.3 is 9.88 Å². The number of aromatic nitrogens is 4. The van der Waals surface area contributed by atoms with Gasteiger partial charge in [0.1, 0.15) is 5.69 Å². The average molecular weight is 337 g/mol. The topological polar surface area (TPSA) is 77.7 Å². The number of aryl methyl sites for hydroxylation is 1. The number of fused-ring (bicyclic) bond motifs is 2. The van der Waals surface area contributed by atoms with Crippen LogP contribution in [0.15, 0.2) is 18.2 Å². The number of imidazole rings is 1. The van der Waals surface area contributed by atoms with Crippen LogP contribution in [-0.4, -0.2) is 32.6 Å². The zero-order valence-electron chi connectivity index (χ0n) is 15.1. The van der Waals surface area contributed by atoms with E-state index in [1.165, 1.54) is 0 Å². The molecule has 0 saturated heterocycles. The zero-order valence-corrected chi connectivity index (χ0v) is 15.1. The van der Waals surface area contributed by atoms with Crippen molar-refractivity contribution in [3.8, 4) is 11.5 Å². The molecule has 2 aromatic heterocycles. The molecule has 0 atom stereocenters. The van der Waals surface area contributed by atoms with Gasteiger partial charge in [0.2, 0.25) is 5.91 Å². The van der Waals surface area contributed by atoms with E-state index in [-0.39, 0.29) is 5.91 Å². The number of nitrogens with one attached hydrogen (secondary N) is 2. The second-order valence-electron chi connectivity index (χ2n) is 7.17. The molecule has 130 valence electrons. The Bertz CT molecular complexity index is 966. The van der Waals surface area contributed by atoms with E-state index in [1.54, 1.807) is 0 Å². The highest BCUT2D eigenvalue weighted by Gasteiger charge is 2.43. The summed E-state index contributed by atoms with van der Waals surface area (Å²) >= 11 is 0. The summed E-state index contributed by atoms with van der Waals surface area (Å²) in [6.07, 6.45) is 2.05. The second kappa shape index (κ2) is 5.44.